The minimum atomic E-state index is 0.411. The van der Waals surface area contributed by atoms with Crippen LogP contribution >= 0.6 is 34.2 Å². The van der Waals surface area contributed by atoms with E-state index in [0.29, 0.717) is 10.9 Å². The Bertz CT molecular complexity index is 221. The molecular formula is C6H5ClINO. The lowest BCUT2D eigenvalue weighted by molar-refractivity contribution is 0.410. The van der Waals surface area contributed by atoms with Gasteiger partial charge in [0.05, 0.1) is 10.7 Å². The summed E-state index contributed by atoms with van der Waals surface area (Å²) in [6, 6.07) is 1.84. The molecule has 0 unspecified atom stereocenters. The van der Waals surface area contributed by atoms with Crippen LogP contribution in [0.5, 0.6) is 5.75 Å². The molecule has 1 heterocycles. The number of hydrogen-bond donors (Lipinski definition) is 0. The molecule has 0 N–H and O–H groups in total. The highest BCUT2D eigenvalue weighted by atomic mass is 127. The topological polar surface area (TPSA) is 22.1 Å². The van der Waals surface area contributed by atoms with Crippen molar-refractivity contribution in [1.29, 1.82) is 0 Å². The fraction of sp³-hybridized carbons (Fsp3) is 0.167. The summed E-state index contributed by atoms with van der Waals surface area (Å²) in [6.45, 7) is 0. The first-order valence-corrected chi connectivity index (χ1v) is 4.05. The van der Waals surface area contributed by atoms with E-state index in [4.69, 9.17) is 16.3 Å². The average Bonchev–Trinajstić information content (AvgIpc) is 1.88. The van der Waals surface area contributed by atoms with Crippen LogP contribution in [0.25, 0.3) is 0 Å². The molecule has 0 fully saturated rings. The first-order chi connectivity index (χ1) is 4.75. The number of halogens is 2. The number of methoxy groups -OCH3 is 1. The minimum Gasteiger partial charge on any atom is -0.492 e. The van der Waals surface area contributed by atoms with Gasteiger partial charge >= 0.3 is 0 Å². The zero-order valence-corrected chi connectivity index (χ0v) is 8.18. The normalized spacial score (nSPS) is 9.50. The van der Waals surface area contributed by atoms with Crippen molar-refractivity contribution < 1.29 is 4.74 Å². The molecule has 0 spiro atoms. The third-order valence-corrected chi connectivity index (χ3v) is 2.14. The summed E-state index contributed by atoms with van der Waals surface area (Å²) in [5.74, 6) is 0.643. The minimum absolute atomic E-state index is 0.411. The maximum absolute atomic E-state index is 5.69. The maximum atomic E-state index is 5.69. The fourth-order valence-corrected chi connectivity index (χ4v) is 1.61. The van der Waals surface area contributed by atoms with Gasteiger partial charge in [-0.3, -0.25) is 0 Å². The Morgan fingerprint density at radius 3 is 2.80 bits per heavy atom. The van der Waals surface area contributed by atoms with Gasteiger partial charge in [0, 0.05) is 6.20 Å². The van der Waals surface area contributed by atoms with Crippen LogP contribution in [-0.4, -0.2) is 12.1 Å². The van der Waals surface area contributed by atoms with Gasteiger partial charge in [-0.15, -0.1) is 0 Å². The first-order valence-electron chi connectivity index (χ1n) is 2.59. The molecule has 1 rings (SSSR count). The Balaban J connectivity index is 3.17. The second-order valence-corrected chi connectivity index (χ2v) is 3.14. The van der Waals surface area contributed by atoms with Crippen LogP contribution in [0, 0.1) is 3.57 Å². The van der Waals surface area contributed by atoms with Gasteiger partial charge in [-0.05, 0) is 28.7 Å². The summed E-state index contributed by atoms with van der Waals surface area (Å²) in [5.41, 5.74) is 0. The van der Waals surface area contributed by atoms with E-state index in [2.05, 4.69) is 27.6 Å². The lowest BCUT2D eigenvalue weighted by atomic mass is 10.5. The molecule has 2 nitrogen and oxygen atoms in total. The molecule has 0 radical (unpaired) electrons. The zero-order valence-electron chi connectivity index (χ0n) is 5.27. The Kier molecular flexibility index (Phi) is 2.73. The summed E-state index contributed by atoms with van der Waals surface area (Å²) in [5, 5.41) is 0.411. The van der Waals surface area contributed by atoms with Crippen molar-refractivity contribution in [2.45, 2.75) is 0 Å². The Hall–Kier alpha value is -0.0300. The van der Waals surface area contributed by atoms with E-state index in [1.807, 2.05) is 6.07 Å². The third-order valence-electron chi connectivity index (χ3n) is 1.02. The number of nitrogens with zero attached hydrogens (tertiary/aromatic N) is 1. The van der Waals surface area contributed by atoms with Gasteiger partial charge < -0.3 is 4.74 Å². The molecule has 54 valence electrons. The summed E-state index contributed by atoms with van der Waals surface area (Å²) < 4.78 is 5.95. The van der Waals surface area contributed by atoms with Crippen molar-refractivity contribution in [3.8, 4) is 5.75 Å². The van der Waals surface area contributed by atoms with Gasteiger partial charge in [0.2, 0.25) is 0 Å². The Morgan fingerprint density at radius 2 is 2.40 bits per heavy atom. The molecule has 1 aromatic rings. The van der Waals surface area contributed by atoms with E-state index in [1.54, 1.807) is 13.3 Å². The highest BCUT2D eigenvalue weighted by molar-refractivity contribution is 14.1. The van der Waals surface area contributed by atoms with Crippen molar-refractivity contribution in [2.75, 3.05) is 7.11 Å². The molecule has 0 aliphatic heterocycles. The molecule has 0 aliphatic rings. The maximum Gasteiger partial charge on any atom is 0.172 e. The first kappa shape index (κ1) is 8.07. The molecule has 0 aromatic carbocycles. The van der Waals surface area contributed by atoms with E-state index in [0.717, 1.165) is 3.57 Å². The van der Waals surface area contributed by atoms with E-state index >= 15 is 0 Å². The van der Waals surface area contributed by atoms with Crippen molar-refractivity contribution in [3.05, 3.63) is 21.0 Å². The second-order valence-electron chi connectivity index (χ2n) is 1.62. The predicted octanol–water partition coefficient (Wildman–Crippen LogP) is 2.35. The molecule has 1 aromatic heterocycles. The summed E-state index contributed by atoms with van der Waals surface area (Å²) >= 11 is 7.83. The van der Waals surface area contributed by atoms with Gasteiger partial charge in [0.25, 0.3) is 0 Å². The molecule has 0 saturated carbocycles. The average molecular weight is 269 g/mol. The van der Waals surface area contributed by atoms with E-state index < -0.39 is 0 Å². The highest BCUT2D eigenvalue weighted by Gasteiger charge is 2.03. The van der Waals surface area contributed by atoms with Crippen LogP contribution < -0.4 is 4.74 Å². The third kappa shape index (κ3) is 1.52. The van der Waals surface area contributed by atoms with E-state index in [-0.39, 0.29) is 0 Å². The molecule has 4 heteroatoms. The smallest absolute Gasteiger partial charge is 0.172 e. The number of aromatic nitrogens is 1. The molecule has 0 saturated heterocycles. The van der Waals surface area contributed by atoms with Gasteiger partial charge in [-0.1, -0.05) is 11.6 Å². The fourth-order valence-electron chi connectivity index (χ4n) is 0.583. The van der Waals surface area contributed by atoms with Crippen molar-refractivity contribution in [2.24, 2.45) is 0 Å². The standard InChI is InChI=1S/C6H5ClINO/c1-10-5-4(8)2-3-9-6(5)7/h2-3H,1H3. The molecule has 10 heavy (non-hydrogen) atoms. The zero-order chi connectivity index (χ0) is 7.56. The number of ether oxygens (including phenoxy) is 1. The van der Waals surface area contributed by atoms with E-state index in [9.17, 15) is 0 Å². The molecular weight excluding hydrogens is 264 g/mol. The van der Waals surface area contributed by atoms with Crippen LogP contribution in [0.4, 0.5) is 0 Å². The lowest BCUT2D eigenvalue weighted by Gasteiger charge is -2.02. The van der Waals surface area contributed by atoms with Crippen molar-refractivity contribution in [1.82, 2.24) is 4.98 Å². The Labute approximate surface area is 77.7 Å². The van der Waals surface area contributed by atoms with Gasteiger partial charge in [0.1, 0.15) is 0 Å². The molecule has 0 bridgehead atoms. The highest BCUT2D eigenvalue weighted by Crippen LogP contribution is 2.26. The largest absolute Gasteiger partial charge is 0.492 e. The monoisotopic (exact) mass is 269 g/mol. The van der Waals surface area contributed by atoms with Gasteiger partial charge in [-0.2, -0.15) is 0 Å². The van der Waals surface area contributed by atoms with Crippen LogP contribution in [0.3, 0.4) is 0 Å². The Morgan fingerprint density at radius 1 is 1.70 bits per heavy atom. The SMILES string of the molecule is COc1c(I)ccnc1Cl. The van der Waals surface area contributed by atoms with Crippen molar-refractivity contribution >= 4 is 34.2 Å². The molecule has 0 aliphatic carbocycles. The van der Waals surface area contributed by atoms with Crippen molar-refractivity contribution in [3.63, 3.8) is 0 Å². The van der Waals surface area contributed by atoms with E-state index in [1.165, 1.54) is 0 Å². The van der Waals surface area contributed by atoms with Crippen LogP contribution in [0.15, 0.2) is 12.3 Å². The number of rotatable bonds is 1. The number of hydrogen-bond acceptors (Lipinski definition) is 2. The van der Waals surface area contributed by atoms with Gasteiger partial charge in [0.15, 0.2) is 10.9 Å². The van der Waals surface area contributed by atoms with Crippen LogP contribution in [0.1, 0.15) is 0 Å². The predicted molar refractivity (Wildman–Crippen MR) is 48.5 cm³/mol. The summed E-state index contributed by atoms with van der Waals surface area (Å²) in [7, 11) is 1.57. The van der Waals surface area contributed by atoms with Crippen LogP contribution in [0.2, 0.25) is 5.15 Å². The second kappa shape index (κ2) is 3.39. The molecule has 0 amide bonds. The summed E-state index contributed by atoms with van der Waals surface area (Å²) in [4.78, 5) is 3.85. The summed E-state index contributed by atoms with van der Waals surface area (Å²) in [6.07, 6.45) is 1.65. The lowest BCUT2D eigenvalue weighted by Crippen LogP contribution is -1.89. The van der Waals surface area contributed by atoms with Crippen LogP contribution in [-0.2, 0) is 0 Å². The molecule has 0 atom stereocenters. The van der Waals surface area contributed by atoms with Gasteiger partial charge in [-0.25, -0.2) is 4.98 Å². The quantitative estimate of drug-likeness (QED) is 0.577. The number of pyridine rings is 1.